The summed E-state index contributed by atoms with van der Waals surface area (Å²) in [6.45, 7) is 3.16. The van der Waals surface area contributed by atoms with Crippen molar-refractivity contribution in [1.29, 1.82) is 0 Å². The molecule has 1 saturated heterocycles. The number of hydrogen-bond acceptors (Lipinski definition) is 3. The lowest BCUT2D eigenvalue weighted by atomic mass is 9.85. The van der Waals surface area contributed by atoms with E-state index in [0.29, 0.717) is 0 Å². The lowest BCUT2D eigenvalue weighted by Crippen LogP contribution is -2.68. The van der Waals surface area contributed by atoms with Crippen molar-refractivity contribution in [3.63, 3.8) is 0 Å². The SMILES string of the molecule is NC1(C2CC2)CN(Cc2ccncc2)C1. The highest BCUT2D eigenvalue weighted by Gasteiger charge is 2.49. The molecule has 0 amide bonds. The third-order valence-electron chi connectivity index (χ3n) is 3.58. The number of hydrogen-bond donors (Lipinski definition) is 1. The molecule has 0 unspecified atom stereocenters. The van der Waals surface area contributed by atoms with Crippen LogP contribution < -0.4 is 5.73 Å². The third-order valence-corrected chi connectivity index (χ3v) is 3.58. The smallest absolute Gasteiger partial charge is 0.0441 e. The Bertz CT molecular complexity index is 339. The zero-order valence-corrected chi connectivity index (χ0v) is 8.89. The molecule has 2 aliphatic rings. The monoisotopic (exact) mass is 203 g/mol. The van der Waals surface area contributed by atoms with E-state index in [1.807, 2.05) is 12.4 Å². The van der Waals surface area contributed by atoms with Crippen LogP contribution in [0, 0.1) is 5.92 Å². The summed E-state index contributed by atoms with van der Waals surface area (Å²) in [5.74, 6) is 0.811. The van der Waals surface area contributed by atoms with Gasteiger partial charge in [-0.15, -0.1) is 0 Å². The van der Waals surface area contributed by atoms with Crippen LogP contribution in [-0.4, -0.2) is 28.5 Å². The largest absolute Gasteiger partial charge is 0.323 e. The second-order valence-corrected chi connectivity index (χ2v) is 5.01. The Morgan fingerprint density at radius 2 is 2.00 bits per heavy atom. The molecule has 0 atom stereocenters. The van der Waals surface area contributed by atoms with Gasteiger partial charge in [-0.3, -0.25) is 9.88 Å². The Kier molecular flexibility index (Phi) is 2.04. The van der Waals surface area contributed by atoms with E-state index in [-0.39, 0.29) is 5.54 Å². The van der Waals surface area contributed by atoms with E-state index in [9.17, 15) is 0 Å². The van der Waals surface area contributed by atoms with Crippen molar-refractivity contribution in [3.05, 3.63) is 30.1 Å². The molecule has 3 nitrogen and oxygen atoms in total. The Morgan fingerprint density at radius 3 is 2.60 bits per heavy atom. The highest BCUT2D eigenvalue weighted by Crippen LogP contribution is 2.43. The van der Waals surface area contributed by atoms with Gasteiger partial charge in [-0.1, -0.05) is 0 Å². The maximum atomic E-state index is 6.30. The van der Waals surface area contributed by atoms with Crippen molar-refractivity contribution in [2.45, 2.75) is 24.9 Å². The lowest BCUT2D eigenvalue weighted by molar-refractivity contribution is 0.0478. The quantitative estimate of drug-likeness (QED) is 0.797. The number of nitrogens with two attached hydrogens (primary N) is 1. The molecule has 1 aliphatic heterocycles. The molecule has 1 aromatic rings. The molecule has 80 valence electrons. The van der Waals surface area contributed by atoms with Crippen LogP contribution >= 0.6 is 0 Å². The van der Waals surface area contributed by atoms with Gasteiger partial charge in [0.15, 0.2) is 0 Å². The molecular formula is C12H17N3. The summed E-state index contributed by atoms with van der Waals surface area (Å²) in [7, 11) is 0. The second kappa shape index (κ2) is 3.29. The van der Waals surface area contributed by atoms with Crippen molar-refractivity contribution >= 4 is 0 Å². The average Bonchev–Trinajstić information content (AvgIpc) is 3.00. The molecule has 3 heteroatoms. The van der Waals surface area contributed by atoms with Crippen LogP contribution in [0.25, 0.3) is 0 Å². The summed E-state index contributed by atoms with van der Waals surface area (Å²) in [6, 6.07) is 4.15. The molecular weight excluding hydrogens is 186 g/mol. The fourth-order valence-corrected chi connectivity index (χ4v) is 2.56. The van der Waals surface area contributed by atoms with Crippen LogP contribution in [0.15, 0.2) is 24.5 Å². The fourth-order valence-electron chi connectivity index (χ4n) is 2.56. The molecule has 1 saturated carbocycles. The summed E-state index contributed by atoms with van der Waals surface area (Å²) in [6.07, 6.45) is 6.40. The van der Waals surface area contributed by atoms with Crippen LogP contribution in [-0.2, 0) is 6.54 Å². The first-order valence-corrected chi connectivity index (χ1v) is 5.66. The molecule has 1 aliphatic carbocycles. The maximum absolute atomic E-state index is 6.30. The van der Waals surface area contributed by atoms with E-state index >= 15 is 0 Å². The van der Waals surface area contributed by atoms with Crippen molar-refractivity contribution in [2.24, 2.45) is 11.7 Å². The van der Waals surface area contributed by atoms with Crippen molar-refractivity contribution in [1.82, 2.24) is 9.88 Å². The summed E-state index contributed by atoms with van der Waals surface area (Å²) >= 11 is 0. The molecule has 0 spiro atoms. The highest BCUT2D eigenvalue weighted by atomic mass is 15.3. The topological polar surface area (TPSA) is 42.1 Å². The van der Waals surface area contributed by atoms with Crippen LogP contribution in [0.4, 0.5) is 0 Å². The first-order chi connectivity index (χ1) is 7.26. The van der Waals surface area contributed by atoms with E-state index in [0.717, 1.165) is 25.6 Å². The van der Waals surface area contributed by atoms with Crippen LogP contribution in [0.2, 0.25) is 0 Å². The normalized spacial score (nSPS) is 24.9. The molecule has 15 heavy (non-hydrogen) atoms. The van der Waals surface area contributed by atoms with Crippen molar-refractivity contribution < 1.29 is 0 Å². The van der Waals surface area contributed by atoms with Gasteiger partial charge in [0.1, 0.15) is 0 Å². The van der Waals surface area contributed by atoms with Crippen molar-refractivity contribution in [3.8, 4) is 0 Å². The zero-order valence-electron chi connectivity index (χ0n) is 8.89. The number of likely N-dealkylation sites (tertiary alicyclic amines) is 1. The van der Waals surface area contributed by atoms with Crippen LogP contribution in [0.5, 0.6) is 0 Å². The Hall–Kier alpha value is -0.930. The number of rotatable bonds is 3. The number of pyridine rings is 1. The summed E-state index contributed by atoms with van der Waals surface area (Å²) in [4.78, 5) is 6.44. The molecule has 2 heterocycles. The average molecular weight is 203 g/mol. The van der Waals surface area contributed by atoms with Gasteiger partial charge in [0.05, 0.1) is 0 Å². The van der Waals surface area contributed by atoms with Gasteiger partial charge < -0.3 is 5.73 Å². The van der Waals surface area contributed by atoms with Crippen molar-refractivity contribution in [2.75, 3.05) is 13.1 Å². The van der Waals surface area contributed by atoms with Gasteiger partial charge in [0, 0.05) is 37.6 Å². The molecule has 0 aromatic carbocycles. The lowest BCUT2D eigenvalue weighted by Gasteiger charge is -2.48. The first-order valence-electron chi connectivity index (χ1n) is 5.66. The van der Waals surface area contributed by atoms with E-state index in [2.05, 4.69) is 22.0 Å². The summed E-state index contributed by atoms with van der Waals surface area (Å²) in [5, 5.41) is 0. The molecule has 2 fully saturated rings. The second-order valence-electron chi connectivity index (χ2n) is 5.01. The van der Waals surface area contributed by atoms with Gasteiger partial charge in [0.2, 0.25) is 0 Å². The molecule has 3 rings (SSSR count). The third kappa shape index (κ3) is 1.77. The van der Waals surface area contributed by atoms with Gasteiger partial charge in [-0.05, 0) is 36.5 Å². The number of nitrogens with zero attached hydrogens (tertiary/aromatic N) is 2. The van der Waals surface area contributed by atoms with Gasteiger partial charge >= 0.3 is 0 Å². The molecule has 0 radical (unpaired) electrons. The van der Waals surface area contributed by atoms with Crippen LogP contribution in [0.1, 0.15) is 18.4 Å². The minimum absolute atomic E-state index is 0.146. The van der Waals surface area contributed by atoms with E-state index in [1.165, 1.54) is 18.4 Å². The predicted molar refractivity (Wildman–Crippen MR) is 59.2 cm³/mol. The zero-order chi connectivity index (χ0) is 10.3. The molecule has 0 bridgehead atoms. The number of aromatic nitrogens is 1. The first kappa shape index (κ1) is 9.31. The minimum atomic E-state index is 0.146. The van der Waals surface area contributed by atoms with Gasteiger partial charge in [-0.25, -0.2) is 0 Å². The van der Waals surface area contributed by atoms with E-state index < -0.39 is 0 Å². The fraction of sp³-hybridized carbons (Fsp3) is 0.583. The summed E-state index contributed by atoms with van der Waals surface area (Å²) < 4.78 is 0. The predicted octanol–water partition coefficient (Wildman–Crippen LogP) is 1.00. The maximum Gasteiger partial charge on any atom is 0.0441 e. The summed E-state index contributed by atoms with van der Waals surface area (Å²) in [5.41, 5.74) is 7.78. The Labute approximate surface area is 90.3 Å². The van der Waals surface area contributed by atoms with Crippen LogP contribution in [0.3, 0.4) is 0 Å². The van der Waals surface area contributed by atoms with Gasteiger partial charge in [0.25, 0.3) is 0 Å². The Balaban J connectivity index is 1.55. The molecule has 2 N–H and O–H groups in total. The molecule has 1 aromatic heterocycles. The Morgan fingerprint density at radius 1 is 1.33 bits per heavy atom. The highest BCUT2D eigenvalue weighted by molar-refractivity contribution is 5.14. The standard InChI is InChI=1S/C12H17N3/c13-12(11-1-2-11)8-15(9-12)7-10-3-5-14-6-4-10/h3-6,11H,1-2,7-9,13H2. The van der Waals surface area contributed by atoms with E-state index in [4.69, 9.17) is 5.73 Å². The van der Waals surface area contributed by atoms with Gasteiger partial charge in [-0.2, -0.15) is 0 Å². The van der Waals surface area contributed by atoms with E-state index in [1.54, 1.807) is 0 Å². The minimum Gasteiger partial charge on any atom is -0.323 e.